The minimum atomic E-state index is -0.115. The zero-order valence-electron chi connectivity index (χ0n) is 11.6. The highest BCUT2D eigenvalue weighted by Crippen LogP contribution is 2.30. The highest BCUT2D eigenvalue weighted by atomic mass is 32.2. The van der Waals surface area contributed by atoms with Crippen LogP contribution in [0.3, 0.4) is 0 Å². The molecule has 0 fully saturated rings. The molecule has 0 atom stereocenters. The van der Waals surface area contributed by atoms with Gasteiger partial charge in [-0.1, -0.05) is 27.7 Å². The van der Waals surface area contributed by atoms with E-state index < -0.39 is 0 Å². The van der Waals surface area contributed by atoms with Gasteiger partial charge in [0.2, 0.25) is 0 Å². The van der Waals surface area contributed by atoms with Crippen LogP contribution in [0.1, 0.15) is 34.1 Å². The van der Waals surface area contributed by atoms with Gasteiger partial charge in [-0.3, -0.25) is 4.79 Å². The maximum Gasteiger partial charge on any atom is 0.141 e. The molecule has 1 nitrogen and oxygen atoms in total. The molecule has 4 heteroatoms. The van der Waals surface area contributed by atoms with Crippen molar-refractivity contribution in [2.45, 2.75) is 34.1 Å². The van der Waals surface area contributed by atoms with Gasteiger partial charge in [0, 0.05) is 29.1 Å². The molecule has 17 heavy (non-hydrogen) atoms. The standard InChI is InChI=1S/C13H26OS3/c1-5-15-9-8-12(14)13(4,10-16-6-2)11-17-7-3/h5-11H2,1-4H3. The lowest BCUT2D eigenvalue weighted by Gasteiger charge is -2.27. The van der Waals surface area contributed by atoms with Crippen molar-refractivity contribution in [3.05, 3.63) is 0 Å². The van der Waals surface area contributed by atoms with Crippen LogP contribution in [0.25, 0.3) is 0 Å². The molecule has 0 aliphatic rings. The lowest BCUT2D eigenvalue weighted by molar-refractivity contribution is -0.125. The first-order valence-electron chi connectivity index (χ1n) is 6.37. The Morgan fingerprint density at radius 1 is 0.941 bits per heavy atom. The van der Waals surface area contributed by atoms with Gasteiger partial charge in [0.05, 0.1) is 0 Å². The summed E-state index contributed by atoms with van der Waals surface area (Å²) in [4.78, 5) is 12.3. The lowest BCUT2D eigenvalue weighted by Crippen LogP contribution is -2.33. The molecule has 0 unspecified atom stereocenters. The van der Waals surface area contributed by atoms with Gasteiger partial charge >= 0.3 is 0 Å². The van der Waals surface area contributed by atoms with E-state index in [9.17, 15) is 4.79 Å². The summed E-state index contributed by atoms with van der Waals surface area (Å²) < 4.78 is 0. The molecule has 0 saturated carbocycles. The van der Waals surface area contributed by atoms with Crippen molar-refractivity contribution in [1.82, 2.24) is 0 Å². The van der Waals surface area contributed by atoms with Crippen molar-refractivity contribution in [2.75, 3.05) is 34.5 Å². The van der Waals surface area contributed by atoms with Crippen molar-refractivity contribution < 1.29 is 4.79 Å². The van der Waals surface area contributed by atoms with Crippen LogP contribution in [0.15, 0.2) is 0 Å². The third-order valence-electron chi connectivity index (χ3n) is 2.60. The molecule has 0 rings (SSSR count). The fourth-order valence-corrected chi connectivity index (χ4v) is 4.05. The van der Waals surface area contributed by atoms with Crippen molar-refractivity contribution in [2.24, 2.45) is 5.41 Å². The minimum absolute atomic E-state index is 0.115. The summed E-state index contributed by atoms with van der Waals surface area (Å²) in [5.41, 5.74) is -0.115. The van der Waals surface area contributed by atoms with Crippen LogP contribution in [0.5, 0.6) is 0 Å². The van der Waals surface area contributed by atoms with Gasteiger partial charge in [0.1, 0.15) is 5.78 Å². The van der Waals surface area contributed by atoms with Crippen molar-refractivity contribution in [3.63, 3.8) is 0 Å². The minimum Gasteiger partial charge on any atom is -0.299 e. The Morgan fingerprint density at radius 3 is 1.82 bits per heavy atom. The number of rotatable bonds is 11. The van der Waals surface area contributed by atoms with Gasteiger partial charge in [0.15, 0.2) is 0 Å². The molecule has 102 valence electrons. The van der Waals surface area contributed by atoms with E-state index in [1.165, 1.54) is 0 Å². The molecule has 0 amide bonds. The Hall–Kier alpha value is 0.720. The fraction of sp³-hybridized carbons (Fsp3) is 0.923. The molecule has 0 aromatic rings. The van der Waals surface area contributed by atoms with Crippen LogP contribution in [0, 0.1) is 5.41 Å². The number of carbonyl (C=O) groups excluding carboxylic acids is 1. The van der Waals surface area contributed by atoms with E-state index in [0.29, 0.717) is 5.78 Å². The molecule has 0 N–H and O–H groups in total. The molecular formula is C13H26OS3. The van der Waals surface area contributed by atoms with E-state index >= 15 is 0 Å². The zero-order valence-corrected chi connectivity index (χ0v) is 14.0. The van der Waals surface area contributed by atoms with Gasteiger partial charge in [-0.15, -0.1) is 0 Å². The second-order valence-corrected chi connectivity index (χ2v) is 8.15. The van der Waals surface area contributed by atoms with E-state index in [1.807, 2.05) is 35.3 Å². The second-order valence-electron chi connectivity index (χ2n) is 4.21. The number of hydrogen-bond donors (Lipinski definition) is 0. The second kappa shape index (κ2) is 10.6. The smallest absolute Gasteiger partial charge is 0.141 e. The quantitative estimate of drug-likeness (QED) is 0.531. The largest absolute Gasteiger partial charge is 0.299 e. The normalized spacial score (nSPS) is 11.8. The Morgan fingerprint density at radius 2 is 1.41 bits per heavy atom. The van der Waals surface area contributed by atoms with Gasteiger partial charge in [0.25, 0.3) is 0 Å². The summed E-state index contributed by atoms with van der Waals surface area (Å²) in [6.07, 6.45) is 0.740. The fourth-order valence-electron chi connectivity index (χ4n) is 1.47. The van der Waals surface area contributed by atoms with Crippen LogP contribution < -0.4 is 0 Å². The van der Waals surface area contributed by atoms with Crippen LogP contribution in [-0.4, -0.2) is 40.3 Å². The number of ketones is 1. The summed E-state index contributed by atoms with van der Waals surface area (Å²) in [7, 11) is 0. The van der Waals surface area contributed by atoms with Crippen molar-refractivity contribution in [3.8, 4) is 0 Å². The molecule has 0 spiro atoms. The Balaban J connectivity index is 4.26. The molecule has 0 radical (unpaired) electrons. The molecular weight excluding hydrogens is 268 g/mol. The lowest BCUT2D eigenvalue weighted by atomic mass is 9.89. The maximum absolute atomic E-state index is 12.3. The summed E-state index contributed by atoms with van der Waals surface area (Å²) in [5.74, 6) is 6.71. The Bertz CT molecular complexity index is 199. The zero-order chi connectivity index (χ0) is 13.1. The van der Waals surface area contributed by atoms with Crippen LogP contribution in [0.4, 0.5) is 0 Å². The van der Waals surface area contributed by atoms with Gasteiger partial charge in [-0.05, 0) is 17.3 Å². The predicted molar refractivity (Wildman–Crippen MR) is 86.7 cm³/mol. The summed E-state index contributed by atoms with van der Waals surface area (Å²) in [6.45, 7) is 8.62. The Labute approximate surface area is 120 Å². The number of Topliss-reactive ketones (excluding diaryl/α,β-unsaturated/α-hetero) is 1. The first kappa shape index (κ1) is 17.7. The molecule has 0 aromatic heterocycles. The number of thioether (sulfide) groups is 3. The molecule has 0 aliphatic carbocycles. The Kier molecular flexibility index (Phi) is 11.1. The van der Waals surface area contributed by atoms with E-state index in [1.54, 1.807) is 0 Å². The molecule has 0 aliphatic heterocycles. The molecule has 0 aromatic carbocycles. The first-order valence-corrected chi connectivity index (χ1v) is 9.83. The molecule has 0 heterocycles. The molecule has 0 saturated heterocycles. The van der Waals surface area contributed by atoms with Gasteiger partial charge < -0.3 is 0 Å². The first-order chi connectivity index (χ1) is 8.10. The van der Waals surface area contributed by atoms with Crippen LogP contribution in [-0.2, 0) is 4.79 Å². The van der Waals surface area contributed by atoms with Crippen LogP contribution >= 0.6 is 35.3 Å². The summed E-state index contributed by atoms with van der Waals surface area (Å²) in [6, 6.07) is 0. The molecule has 0 bridgehead atoms. The van der Waals surface area contributed by atoms with E-state index in [0.717, 1.165) is 40.9 Å². The third-order valence-corrected chi connectivity index (χ3v) is 6.00. The van der Waals surface area contributed by atoms with E-state index in [4.69, 9.17) is 0 Å². The van der Waals surface area contributed by atoms with Crippen LogP contribution in [0.2, 0.25) is 0 Å². The van der Waals surface area contributed by atoms with E-state index in [-0.39, 0.29) is 5.41 Å². The number of hydrogen-bond acceptors (Lipinski definition) is 4. The average Bonchev–Trinajstić information content (AvgIpc) is 2.34. The topological polar surface area (TPSA) is 17.1 Å². The van der Waals surface area contributed by atoms with Crippen molar-refractivity contribution in [1.29, 1.82) is 0 Å². The summed E-state index contributed by atoms with van der Waals surface area (Å²) in [5, 5.41) is 0. The monoisotopic (exact) mass is 294 g/mol. The maximum atomic E-state index is 12.3. The highest BCUT2D eigenvalue weighted by Gasteiger charge is 2.31. The van der Waals surface area contributed by atoms with E-state index in [2.05, 4.69) is 27.7 Å². The van der Waals surface area contributed by atoms with Crippen molar-refractivity contribution >= 4 is 41.1 Å². The summed E-state index contributed by atoms with van der Waals surface area (Å²) >= 11 is 5.65. The van der Waals surface area contributed by atoms with Gasteiger partial charge in [-0.25, -0.2) is 0 Å². The number of carbonyl (C=O) groups is 1. The third kappa shape index (κ3) is 7.68. The average molecular weight is 295 g/mol. The van der Waals surface area contributed by atoms with Gasteiger partial charge in [-0.2, -0.15) is 35.3 Å². The predicted octanol–water partition coefficient (Wildman–Crippen LogP) is 4.21. The SMILES string of the molecule is CCSCCC(=O)C(C)(CSCC)CSCC. The highest BCUT2D eigenvalue weighted by molar-refractivity contribution is 8.00.